The normalized spacial score (nSPS) is 13.8. The van der Waals surface area contributed by atoms with Gasteiger partial charge in [-0.05, 0) is 120 Å². The molecule has 12 nitrogen and oxygen atoms in total. The van der Waals surface area contributed by atoms with E-state index in [1.807, 2.05) is 145 Å². The maximum atomic E-state index is 12.4. The SMILES string of the molecule is CC(C)N1C(=O)c2cc3ccccc3cc2C1=O.CC(C)N1C(=O)c2cccc3cccc(c23)C1=O.CC(C)N1Cc2ccccc2C1=O.CC(C)NC(=O)c1ccccc1C(N)=O. The maximum Gasteiger partial charge on any atom is 0.261 e. The number of imide groups is 2. The van der Waals surface area contributed by atoms with Gasteiger partial charge in [0.25, 0.3) is 35.4 Å². The minimum absolute atomic E-state index is 0.0263. The van der Waals surface area contributed by atoms with Gasteiger partial charge in [0.15, 0.2) is 0 Å². The average molecular weight is 860 g/mol. The number of carbonyl (C=O) groups excluding carboxylic acids is 7. The fourth-order valence-electron chi connectivity index (χ4n) is 7.86. The van der Waals surface area contributed by atoms with Crippen LogP contribution in [0.15, 0.2) is 121 Å². The molecule has 328 valence electrons. The summed E-state index contributed by atoms with van der Waals surface area (Å²) >= 11 is 0. The van der Waals surface area contributed by atoms with Gasteiger partial charge < -0.3 is 16.0 Å². The zero-order valence-corrected chi connectivity index (χ0v) is 37.3. The van der Waals surface area contributed by atoms with Crippen molar-refractivity contribution in [1.29, 1.82) is 0 Å². The maximum absolute atomic E-state index is 12.4. The molecule has 3 aliphatic heterocycles. The van der Waals surface area contributed by atoms with Crippen molar-refractivity contribution < 1.29 is 33.6 Å². The quantitative estimate of drug-likeness (QED) is 0.158. The second-order valence-corrected chi connectivity index (χ2v) is 16.8. The highest BCUT2D eigenvalue weighted by Gasteiger charge is 2.37. The van der Waals surface area contributed by atoms with Crippen molar-refractivity contribution in [2.24, 2.45) is 5.73 Å². The van der Waals surface area contributed by atoms with Crippen LogP contribution in [0.25, 0.3) is 21.5 Å². The van der Waals surface area contributed by atoms with Crippen molar-refractivity contribution in [2.45, 2.75) is 86.1 Å². The van der Waals surface area contributed by atoms with Crippen LogP contribution < -0.4 is 11.1 Å². The van der Waals surface area contributed by atoms with Crippen LogP contribution in [0.4, 0.5) is 0 Å². The Hall–Kier alpha value is -7.47. The van der Waals surface area contributed by atoms with E-state index < -0.39 is 5.91 Å². The second kappa shape index (κ2) is 19.3. The minimum Gasteiger partial charge on any atom is -0.366 e. The van der Waals surface area contributed by atoms with E-state index in [4.69, 9.17) is 5.73 Å². The molecule has 12 heteroatoms. The minimum atomic E-state index is -0.593. The lowest BCUT2D eigenvalue weighted by Gasteiger charge is -2.30. The van der Waals surface area contributed by atoms with Crippen LogP contribution in [-0.4, -0.2) is 80.2 Å². The molecule has 7 amide bonds. The zero-order chi connectivity index (χ0) is 46.6. The summed E-state index contributed by atoms with van der Waals surface area (Å²) in [5.74, 6) is -1.46. The molecule has 0 spiro atoms. The van der Waals surface area contributed by atoms with E-state index in [1.54, 1.807) is 30.3 Å². The van der Waals surface area contributed by atoms with E-state index in [0.717, 1.165) is 39.2 Å². The Morgan fingerprint density at radius 1 is 0.484 bits per heavy atom. The average Bonchev–Trinajstić information content (AvgIpc) is 3.73. The first-order chi connectivity index (χ1) is 30.4. The topological polar surface area (TPSA) is 167 Å². The van der Waals surface area contributed by atoms with Crippen molar-refractivity contribution in [3.05, 3.63) is 166 Å². The van der Waals surface area contributed by atoms with Crippen LogP contribution in [0, 0.1) is 0 Å². The lowest BCUT2D eigenvalue weighted by atomic mass is 9.93. The van der Waals surface area contributed by atoms with Crippen LogP contribution in [0.3, 0.4) is 0 Å². The molecule has 0 unspecified atom stereocenters. The third kappa shape index (κ3) is 9.31. The highest BCUT2D eigenvalue weighted by atomic mass is 16.2. The Bertz CT molecular complexity index is 2720. The van der Waals surface area contributed by atoms with Crippen molar-refractivity contribution in [2.75, 3.05) is 0 Å². The second-order valence-electron chi connectivity index (χ2n) is 16.8. The van der Waals surface area contributed by atoms with Crippen molar-refractivity contribution in [3.8, 4) is 0 Å². The van der Waals surface area contributed by atoms with Crippen LogP contribution in [-0.2, 0) is 6.54 Å². The highest BCUT2D eigenvalue weighted by Crippen LogP contribution is 2.32. The van der Waals surface area contributed by atoms with Gasteiger partial charge in [-0.2, -0.15) is 0 Å². The molecule has 0 radical (unpaired) electrons. The van der Waals surface area contributed by atoms with Gasteiger partial charge in [-0.3, -0.25) is 43.4 Å². The van der Waals surface area contributed by atoms with E-state index in [2.05, 4.69) is 5.32 Å². The number of benzene rings is 6. The van der Waals surface area contributed by atoms with Crippen LogP contribution in [0.1, 0.15) is 133 Å². The molecule has 0 saturated carbocycles. The summed E-state index contributed by atoms with van der Waals surface area (Å²) in [6.45, 7) is 16.0. The summed E-state index contributed by atoms with van der Waals surface area (Å²) < 4.78 is 0. The smallest absolute Gasteiger partial charge is 0.261 e. The number of carbonyl (C=O) groups is 7. The van der Waals surface area contributed by atoms with Gasteiger partial charge in [-0.1, -0.05) is 78.9 Å². The number of fused-ring (bicyclic) bond motifs is 3. The first-order valence-corrected chi connectivity index (χ1v) is 21.3. The highest BCUT2D eigenvalue weighted by molar-refractivity contribution is 6.26. The number of hydrogen-bond donors (Lipinski definition) is 2. The van der Waals surface area contributed by atoms with E-state index in [1.165, 1.54) is 15.9 Å². The number of nitrogens with two attached hydrogens (primary N) is 1. The van der Waals surface area contributed by atoms with Crippen molar-refractivity contribution in [1.82, 2.24) is 20.0 Å². The Kier molecular flexibility index (Phi) is 13.9. The van der Waals surface area contributed by atoms with E-state index in [9.17, 15) is 33.6 Å². The summed E-state index contributed by atoms with van der Waals surface area (Å²) in [5.41, 5.74) is 10.0. The predicted molar refractivity (Wildman–Crippen MR) is 248 cm³/mol. The summed E-state index contributed by atoms with van der Waals surface area (Å²) in [5, 5.41) is 6.41. The van der Waals surface area contributed by atoms with Gasteiger partial charge in [0.1, 0.15) is 0 Å². The molecule has 0 saturated heterocycles. The molecule has 64 heavy (non-hydrogen) atoms. The van der Waals surface area contributed by atoms with Crippen LogP contribution >= 0.6 is 0 Å². The van der Waals surface area contributed by atoms with Crippen LogP contribution in [0.5, 0.6) is 0 Å². The number of nitrogens with zero attached hydrogens (tertiary/aromatic N) is 3. The monoisotopic (exact) mass is 859 g/mol. The summed E-state index contributed by atoms with van der Waals surface area (Å²) in [6, 6.07) is 36.9. The number of primary amides is 1. The lowest BCUT2D eigenvalue weighted by Crippen LogP contribution is -2.44. The molecule has 9 rings (SSSR count). The molecule has 3 aliphatic rings. The summed E-state index contributed by atoms with van der Waals surface area (Å²) in [7, 11) is 0. The third-order valence-corrected chi connectivity index (χ3v) is 10.9. The fourth-order valence-corrected chi connectivity index (χ4v) is 7.86. The third-order valence-electron chi connectivity index (χ3n) is 10.9. The van der Waals surface area contributed by atoms with E-state index in [-0.39, 0.29) is 59.1 Å². The van der Waals surface area contributed by atoms with Crippen LogP contribution in [0.2, 0.25) is 0 Å². The molecule has 3 heterocycles. The predicted octanol–water partition coefficient (Wildman–Crippen LogP) is 8.66. The Balaban J connectivity index is 0.000000143. The summed E-state index contributed by atoms with van der Waals surface area (Å²) in [4.78, 5) is 88.1. The lowest BCUT2D eigenvalue weighted by molar-refractivity contribution is 0.0558. The number of nitrogens with one attached hydrogen (secondary N) is 1. The molecule has 0 fully saturated rings. The molecule has 0 aliphatic carbocycles. The molecular formula is C52H53N5O7. The molecule has 6 aromatic carbocycles. The van der Waals surface area contributed by atoms with Crippen molar-refractivity contribution in [3.63, 3.8) is 0 Å². The Morgan fingerprint density at radius 3 is 1.36 bits per heavy atom. The Labute approximate surface area is 373 Å². The first kappa shape index (κ1) is 46.0. The van der Waals surface area contributed by atoms with Gasteiger partial charge >= 0.3 is 0 Å². The number of amides is 7. The van der Waals surface area contributed by atoms with Gasteiger partial charge in [0.05, 0.1) is 22.3 Å². The van der Waals surface area contributed by atoms with E-state index >= 15 is 0 Å². The summed E-state index contributed by atoms with van der Waals surface area (Å²) in [6.07, 6.45) is 0. The molecule has 0 atom stereocenters. The Morgan fingerprint density at radius 2 is 0.906 bits per heavy atom. The van der Waals surface area contributed by atoms with E-state index in [0.29, 0.717) is 33.9 Å². The molecular weight excluding hydrogens is 807 g/mol. The standard InChI is InChI=1S/2C15H13NO2.C11H14N2O2.C11H13NO/c1-9(2)16-14(17)11-7-3-5-10-6-4-8-12(13(10)11)15(16)18;1-9(2)16-14(17)12-7-10-5-3-4-6-11(10)8-13(12)15(16)18;1-7(2)13-11(15)9-6-4-3-5-8(9)10(12)14;1-8(2)12-7-9-5-3-4-6-10(9)11(12)13/h2*3-9H,1-2H3;3-7H,1-2H3,(H2,12,14)(H,13,15);3-6,8H,7H2,1-2H3. The molecule has 0 bridgehead atoms. The largest absolute Gasteiger partial charge is 0.366 e. The molecule has 0 aromatic heterocycles. The number of hydrogen-bond acceptors (Lipinski definition) is 7. The zero-order valence-electron chi connectivity index (χ0n) is 37.3. The van der Waals surface area contributed by atoms with Gasteiger partial charge in [-0.15, -0.1) is 0 Å². The number of rotatable bonds is 6. The van der Waals surface area contributed by atoms with Crippen molar-refractivity contribution >= 4 is 62.9 Å². The first-order valence-electron chi connectivity index (χ1n) is 21.3. The van der Waals surface area contributed by atoms with Gasteiger partial charge in [0.2, 0.25) is 5.91 Å². The molecule has 3 N–H and O–H groups in total. The molecule has 6 aromatic rings. The fraction of sp³-hybridized carbons (Fsp3) is 0.250. The van der Waals surface area contributed by atoms with Gasteiger partial charge in [0, 0.05) is 52.8 Å². The van der Waals surface area contributed by atoms with Gasteiger partial charge in [-0.25, -0.2) is 0 Å².